The standard InChI is InChI=1S/C14H15NO/c1-15-11-12-6-5-9-14(10-12)16-13-7-3-2-4-8-13/h2-10H,1,11,15H2. The molecule has 82 valence electrons. The van der Waals surface area contributed by atoms with E-state index < -0.39 is 0 Å². The van der Waals surface area contributed by atoms with E-state index in [0.717, 1.165) is 18.0 Å². The number of quaternary nitrogens is 1. The van der Waals surface area contributed by atoms with Crippen LogP contribution < -0.4 is 10.1 Å². The summed E-state index contributed by atoms with van der Waals surface area (Å²) >= 11 is 0. The van der Waals surface area contributed by atoms with Crippen LogP contribution in [-0.2, 0) is 6.54 Å². The second-order valence-corrected chi connectivity index (χ2v) is 3.56. The zero-order valence-electron chi connectivity index (χ0n) is 9.10. The molecule has 0 heterocycles. The Morgan fingerprint density at radius 2 is 1.69 bits per heavy atom. The average Bonchev–Trinajstić information content (AvgIpc) is 2.31. The Morgan fingerprint density at radius 1 is 0.938 bits per heavy atom. The fraction of sp³-hybridized carbons (Fsp3) is 0.0714. The van der Waals surface area contributed by atoms with Crippen molar-refractivity contribution >= 4 is 0 Å². The van der Waals surface area contributed by atoms with Gasteiger partial charge in [0.25, 0.3) is 0 Å². The van der Waals surface area contributed by atoms with Crippen molar-refractivity contribution in [3.8, 4) is 11.5 Å². The van der Waals surface area contributed by atoms with Crippen molar-refractivity contribution in [1.82, 2.24) is 0 Å². The summed E-state index contributed by atoms with van der Waals surface area (Å²) < 4.78 is 5.73. The molecule has 0 aliphatic heterocycles. The lowest BCUT2D eigenvalue weighted by molar-refractivity contribution is -0.612. The molecule has 2 aromatic rings. The minimum atomic E-state index is 0.859. The normalized spacial score (nSPS) is 10.1. The molecule has 2 aromatic carbocycles. The smallest absolute Gasteiger partial charge is 0.127 e. The summed E-state index contributed by atoms with van der Waals surface area (Å²) in [6.07, 6.45) is 0. The zero-order chi connectivity index (χ0) is 11.2. The largest absolute Gasteiger partial charge is 0.475 e. The maximum atomic E-state index is 5.73. The summed E-state index contributed by atoms with van der Waals surface area (Å²) in [6.45, 7) is 0.867. The second-order valence-electron chi connectivity index (χ2n) is 3.56. The monoisotopic (exact) mass is 213 g/mol. The van der Waals surface area contributed by atoms with Gasteiger partial charge in [-0.05, 0) is 24.3 Å². The third-order valence-corrected chi connectivity index (χ3v) is 2.26. The molecule has 0 aliphatic carbocycles. The average molecular weight is 213 g/mol. The van der Waals surface area contributed by atoms with E-state index in [-0.39, 0.29) is 0 Å². The maximum Gasteiger partial charge on any atom is 0.127 e. The lowest BCUT2D eigenvalue weighted by Gasteiger charge is -2.07. The molecule has 0 unspecified atom stereocenters. The van der Waals surface area contributed by atoms with Gasteiger partial charge in [-0.15, -0.1) is 0 Å². The van der Waals surface area contributed by atoms with Crippen LogP contribution in [0.5, 0.6) is 11.5 Å². The van der Waals surface area contributed by atoms with Crippen LogP contribution in [0, 0.1) is 7.05 Å². The molecule has 2 N–H and O–H groups in total. The molecule has 16 heavy (non-hydrogen) atoms. The summed E-state index contributed by atoms with van der Waals surface area (Å²) in [5, 5.41) is 1.89. The lowest BCUT2D eigenvalue weighted by Crippen LogP contribution is -2.74. The first-order valence-corrected chi connectivity index (χ1v) is 5.31. The quantitative estimate of drug-likeness (QED) is 0.775. The van der Waals surface area contributed by atoms with Crippen LogP contribution in [0.15, 0.2) is 54.6 Å². The minimum Gasteiger partial charge on any atom is -0.475 e. The number of nitrogens with two attached hydrogens (primary N) is 1. The number of benzene rings is 2. The van der Waals surface area contributed by atoms with Crippen LogP contribution in [0.3, 0.4) is 0 Å². The van der Waals surface area contributed by atoms with E-state index in [2.05, 4.69) is 13.1 Å². The zero-order valence-corrected chi connectivity index (χ0v) is 9.10. The molecule has 0 aliphatic rings. The molecule has 0 aromatic heterocycles. The Hall–Kier alpha value is -1.80. The highest BCUT2D eigenvalue weighted by Crippen LogP contribution is 2.21. The predicted octanol–water partition coefficient (Wildman–Crippen LogP) is 2.33. The molecule has 0 saturated carbocycles. The van der Waals surface area contributed by atoms with Gasteiger partial charge in [0.15, 0.2) is 0 Å². The molecule has 0 bridgehead atoms. The van der Waals surface area contributed by atoms with Crippen molar-refractivity contribution in [3.05, 3.63) is 67.2 Å². The Morgan fingerprint density at radius 3 is 2.44 bits per heavy atom. The fourth-order valence-corrected chi connectivity index (χ4v) is 1.53. The molecule has 0 radical (unpaired) electrons. The molecular formula is C14H15NO. The number of rotatable bonds is 4. The fourth-order valence-electron chi connectivity index (χ4n) is 1.53. The van der Waals surface area contributed by atoms with Gasteiger partial charge in [-0.1, -0.05) is 30.3 Å². The van der Waals surface area contributed by atoms with Gasteiger partial charge in [0.05, 0.1) is 6.54 Å². The lowest BCUT2D eigenvalue weighted by atomic mass is 10.2. The first-order chi connectivity index (χ1) is 7.88. The van der Waals surface area contributed by atoms with E-state index in [1.165, 1.54) is 5.56 Å². The van der Waals surface area contributed by atoms with Gasteiger partial charge in [0.2, 0.25) is 0 Å². The van der Waals surface area contributed by atoms with Gasteiger partial charge < -0.3 is 10.1 Å². The summed E-state index contributed by atoms with van der Waals surface area (Å²) in [6, 6.07) is 17.8. The van der Waals surface area contributed by atoms with Gasteiger partial charge >= 0.3 is 0 Å². The van der Waals surface area contributed by atoms with Crippen molar-refractivity contribution in [2.45, 2.75) is 6.54 Å². The van der Waals surface area contributed by atoms with Gasteiger partial charge in [0.1, 0.15) is 11.5 Å². The Balaban J connectivity index is 2.12. The molecule has 0 spiro atoms. The number of para-hydroxylation sites is 1. The summed E-state index contributed by atoms with van der Waals surface area (Å²) in [5.41, 5.74) is 1.21. The van der Waals surface area contributed by atoms with Crippen molar-refractivity contribution in [3.63, 3.8) is 0 Å². The Labute approximate surface area is 95.9 Å². The van der Waals surface area contributed by atoms with Crippen molar-refractivity contribution in [1.29, 1.82) is 0 Å². The van der Waals surface area contributed by atoms with E-state index in [4.69, 9.17) is 4.74 Å². The van der Waals surface area contributed by atoms with Gasteiger partial charge in [-0.25, -0.2) is 0 Å². The molecule has 0 saturated heterocycles. The van der Waals surface area contributed by atoms with E-state index in [9.17, 15) is 0 Å². The SMILES string of the molecule is [CH2-][NH2+]Cc1cccc(Oc2ccccc2)c1. The summed E-state index contributed by atoms with van der Waals surface area (Å²) in [7, 11) is 3.73. The van der Waals surface area contributed by atoms with Gasteiger partial charge in [0, 0.05) is 5.56 Å². The van der Waals surface area contributed by atoms with E-state index >= 15 is 0 Å². The highest BCUT2D eigenvalue weighted by Gasteiger charge is 1.98. The molecule has 2 rings (SSSR count). The molecule has 0 amide bonds. The highest BCUT2D eigenvalue weighted by molar-refractivity contribution is 5.33. The van der Waals surface area contributed by atoms with Crippen LogP contribution >= 0.6 is 0 Å². The third-order valence-electron chi connectivity index (χ3n) is 2.26. The second kappa shape index (κ2) is 5.33. The maximum absolute atomic E-state index is 5.73. The first kappa shape index (κ1) is 10.7. The van der Waals surface area contributed by atoms with Crippen LogP contribution in [0.2, 0.25) is 0 Å². The number of hydrogen-bond acceptors (Lipinski definition) is 1. The van der Waals surface area contributed by atoms with Crippen LogP contribution in [0.25, 0.3) is 0 Å². The molecule has 2 nitrogen and oxygen atoms in total. The molecule has 0 atom stereocenters. The first-order valence-electron chi connectivity index (χ1n) is 5.31. The topological polar surface area (TPSA) is 25.8 Å². The molecular weight excluding hydrogens is 198 g/mol. The Bertz CT molecular complexity index is 439. The van der Waals surface area contributed by atoms with Crippen molar-refractivity contribution < 1.29 is 10.1 Å². The van der Waals surface area contributed by atoms with E-state index in [1.807, 2.05) is 53.8 Å². The molecule has 0 fully saturated rings. The van der Waals surface area contributed by atoms with Crippen LogP contribution in [0.4, 0.5) is 0 Å². The van der Waals surface area contributed by atoms with E-state index in [0.29, 0.717) is 0 Å². The van der Waals surface area contributed by atoms with Crippen LogP contribution in [0.1, 0.15) is 5.56 Å². The highest BCUT2D eigenvalue weighted by atomic mass is 16.5. The summed E-state index contributed by atoms with van der Waals surface area (Å²) in [4.78, 5) is 0. The van der Waals surface area contributed by atoms with Crippen molar-refractivity contribution in [2.75, 3.05) is 0 Å². The third kappa shape index (κ3) is 2.84. The number of ether oxygens (including phenoxy) is 1. The molecule has 2 heteroatoms. The van der Waals surface area contributed by atoms with Gasteiger partial charge in [-0.2, -0.15) is 7.05 Å². The van der Waals surface area contributed by atoms with Gasteiger partial charge in [-0.3, -0.25) is 0 Å². The predicted molar refractivity (Wildman–Crippen MR) is 63.9 cm³/mol. The summed E-state index contributed by atoms with van der Waals surface area (Å²) in [5.74, 6) is 1.73. The Kier molecular flexibility index (Phi) is 3.57. The number of hydrogen-bond donors (Lipinski definition) is 1. The van der Waals surface area contributed by atoms with E-state index in [1.54, 1.807) is 0 Å². The minimum absolute atomic E-state index is 0.859. The van der Waals surface area contributed by atoms with Crippen LogP contribution in [-0.4, -0.2) is 0 Å². The van der Waals surface area contributed by atoms with Crippen molar-refractivity contribution in [2.24, 2.45) is 0 Å².